The summed E-state index contributed by atoms with van der Waals surface area (Å²) in [6.45, 7) is 3.73. The summed E-state index contributed by atoms with van der Waals surface area (Å²) in [6, 6.07) is 8.05. The summed E-state index contributed by atoms with van der Waals surface area (Å²) in [4.78, 5) is 8.82. The lowest BCUT2D eigenvalue weighted by molar-refractivity contribution is 0.704. The first-order chi connectivity index (χ1) is 9.38. The van der Waals surface area contributed by atoms with E-state index in [1.165, 1.54) is 0 Å². The highest BCUT2D eigenvalue weighted by Crippen LogP contribution is 2.15. The monoisotopic (exact) mass is 253 g/mol. The third-order valence-electron chi connectivity index (χ3n) is 2.94. The smallest absolute Gasteiger partial charge is 0.172 e. The second kappa shape index (κ2) is 5.16. The van der Waals surface area contributed by atoms with Crippen molar-refractivity contribution in [1.82, 2.24) is 25.1 Å². The van der Waals surface area contributed by atoms with Crippen LogP contribution in [0.25, 0.3) is 16.7 Å². The number of hydrogen-bond donors (Lipinski definition) is 1. The van der Waals surface area contributed by atoms with Crippen LogP contribution >= 0.6 is 0 Å². The minimum Gasteiger partial charge on any atom is -0.311 e. The van der Waals surface area contributed by atoms with Crippen LogP contribution < -0.4 is 5.32 Å². The molecule has 0 radical (unpaired) electrons. The molecule has 3 rings (SSSR count). The molecule has 0 saturated carbocycles. The van der Waals surface area contributed by atoms with E-state index >= 15 is 0 Å². The fraction of sp³-hybridized carbons (Fsp3) is 0.214. The number of hydrogen-bond acceptors (Lipinski definition) is 4. The molecule has 0 amide bonds. The van der Waals surface area contributed by atoms with Crippen molar-refractivity contribution in [3.63, 3.8) is 0 Å². The van der Waals surface area contributed by atoms with Gasteiger partial charge in [-0.15, -0.1) is 0 Å². The van der Waals surface area contributed by atoms with Crippen molar-refractivity contribution >= 4 is 10.9 Å². The molecule has 0 aliphatic heterocycles. The van der Waals surface area contributed by atoms with Crippen LogP contribution in [0.4, 0.5) is 0 Å². The van der Waals surface area contributed by atoms with E-state index in [-0.39, 0.29) is 0 Å². The minimum absolute atomic E-state index is 0.737. The van der Waals surface area contributed by atoms with Crippen LogP contribution in [0.2, 0.25) is 0 Å². The Hall–Kier alpha value is -2.27. The molecule has 0 aliphatic carbocycles. The third kappa shape index (κ3) is 2.32. The van der Waals surface area contributed by atoms with E-state index in [0.29, 0.717) is 0 Å². The van der Waals surface area contributed by atoms with Crippen molar-refractivity contribution in [2.45, 2.75) is 13.5 Å². The van der Waals surface area contributed by atoms with Crippen LogP contribution in [0.3, 0.4) is 0 Å². The molecule has 0 fully saturated rings. The third-order valence-corrected chi connectivity index (χ3v) is 2.94. The molecule has 3 aromatic rings. The quantitative estimate of drug-likeness (QED) is 0.772. The molecule has 1 N–H and O–H groups in total. The van der Waals surface area contributed by atoms with Gasteiger partial charge in [0.05, 0.1) is 29.8 Å². The lowest BCUT2D eigenvalue weighted by Crippen LogP contribution is -2.13. The van der Waals surface area contributed by atoms with Crippen LogP contribution in [-0.2, 0) is 6.54 Å². The van der Waals surface area contributed by atoms with Gasteiger partial charge in [-0.05, 0) is 12.6 Å². The molecule has 0 bridgehead atoms. The summed E-state index contributed by atoms with van der Waals surface area (Å²) in [6.07, 6.45) is 5.38. The van der Waals surface area contributed by atoms with Crippen molar-refractivity contribution in [1.29, 1.82) is 0 Å². The van der Waals surface area contributed by atoms with E-state index in [1.54, 1.807) is 17.1 Å². The first-order valence-corrected chi connectivity index (χ1v) is 6.33. The molecule has 5 nitrogen and oxygen atoms in total. The van der Waals surface area contributed by atoms with Crippen LogP contribution in [0.5, 0.6) is 0 Å². The number of nitrogens with zero attached hydrogens (tertiary/aromatic N) is 4. The average molecular weight is 253 g/mol. The number of rotatable bonds is 4. The van der Waals surface area contributed by atoms with Crippen LogP contribution in [0.15, 0.2) is 42.9 Å². The van der Waals surface area contributed by atoms with Gasteiger partial charge in [0.1, 0.15) is 0 Å². The van der Waals surface area contributed by atoms with Gasteiger partial charge in [0, 0.05) is 11.9 Å². The zero-order valence-corrected chi connectivity index (χ0v) is 10.7. The largest absolute Gasteiger partial charge is 0.311 e. The summed E-state index contributed by atoms with van der Waals surface area (Å²) >= 11 is 0. The van der Waals surface area contributed by atoms with Gasteiger partial charge in [0.25, 0.3) is 0 Å². The summed E-state index contributed by atoms with van der Waals surface area (Å²) < 4.78 is 1.80. The maximum absolute atomic E-state index is 4.42. The van der Waals surface area contributed by atoms with E-state index in [1.807, 2.05) is 30.5 Å². The van der Waals surface area contributed by atoms with Gasteiger partial charge in [0.2, 0.25) is 0 Å². The van der Waals surface area contributed by atoms with Crippen molar-refractivity contribution < 1.29 is 0 Å². The molecule has 0 atom stereocenters. The molecule has 0 saturated heterocycles. The van der Waals surface area contributed by atoms with Gasteiger partial charge in [0.15, 0.2) is 5.82 Å². The van der Waals surface area contributed by atoms with Gasteiger partial charge in [-0.25, -0.2) is 9.67 Å². The molecule has 19 heavy (non-hydrogen) atoms. The second-order valence-corrected chi connectivity index (χ2v) is 4.26. The number of aromatic nitrogens is 4. The standard InChI is InChI=1S/C14H15N5/c1-2-15-8-12-9-17-14(10-16-12)19-13-6-4-3-5-11(13)7-18-19/h3-7,9-10,15H,2,8H2,1H3. The Morgan fingerprint density at radius 1 is 1.11 bits per heavy atom. The van der Waals surface area contributed by atoms with Crippen LogP contribution in [0.1, 0.15) is 12.6 Å². The van der Waals surface area contributed by atoms with E-state index in [4.69, 9.17) is 0 Å². The van der Waals surface area contributed by atoms with Crippen molar-refractivity contribution in [2.24, 2.45) is 0 Å². The van der Waals surface area contributed by atoms with Crippen LogP contribution in [-0.4, -0.2) is 26.3 Å². The lowest BCUT2D eigenvalue weighted by atomic mass is 10.3. The van der Waals surface area contributed by atoms with E-state index in [0.717, 1.165) is 35.5 Å². The van der Waals surface area contributed by atoms with Gasteiger partial charge < -0.3 is 5.32 Å². The molecule has 0 spiro atoms. The highest BCUT2D eigenvalue weighted by atomic mass is 15.3. The normalized spacial score (nSPS) is 11.0. The van der Waals surface area contributed by atoms with Gasteiger partial charge in [-0.2, -0.15) is 5.10 Å². The number of benzene rings is 1. The number of nitrogens with one attached hydrogen (secondary N) is 1. The van der Waals surface area contributed by atoms with E-state index < -0.39 is 0 Å². The molecule has 0 aliphatic rings. The lowest BCUT2D eigenvalue weighted by Gasteiger charge is -2.04. The first-order valence-electron chi connectivity index (χ1n) is 6.33. The van der Waals surface area contributed by atoms with E-state index in [9.17, 15) is 0 Å². The van der Waals surface area contributed by atoms with Crippen molar-refractivity contribution in [3.05, 3.63) is 48.5 Å². The zero-order valence-electron chi connectivity index (χ0n) is 10.7. The number of fused-ring (bicyclic) bond motifs is 1. The predicted molar refractivity (Wildman–Crippen MR) is 74.0 cm³/mol. The zero-order chi connectivity index (χ0) is 13.1. The Bertz CT molecular complexity index is 672. The molecular formula is C14H15N5. The molecule has 5 heteroatoms. The average Bonchev–Trinajstić information content (AvgIpc) is 2.90. The summed E-state index contributed by atoms with van der Waals surface area (Å²) in [5, 5.41) is 8.68. The predicted octanol–water partition coefficient (Wildman–Crippen LogP) is 1.92. The first kappa shape index (κ1) is 11.8. The van der Waals surface area contributed by atoms with Crippen LogP contribution in [0, 0.1) is 0 Å². The highest BCUT2D eigenvalue weighted by Gasteiger charge is 2.05. The molecular weight excluding hydrogens is 238 g/mol. The Balaban J connectivity index is 1.93. The minimum atomic E-state index is 0.737. The Morgan fingerprint density at radius 2 is 2.00 bits per heavy atom. The van der Waals surface area contributed by atoms with Gasteiger partial charge in [-0.3, -0.25) is 4.98 Å². The Kier molecular flexibility index (Phi) is 3.20. The highest BCUT2D eigenvalue weighted by molar-refractivity contribution is 5.79. The fourth-order valence-electron chi connectivity index (χ4n) is 1.96. The fourth-order valence-corrected chi connectivity index (χ4v) is 1.96. The maximum Gasteiger partial charge on any atom is 0.172 e. The molecule has 2 heterocycles. The van der Waals surface area contributed by atoms with E-state index in [2.05, 4.69) is 27.3 Å². The van der Waals surface area contributed by atoms with Gasteiger partial charge in [-0.1, -0.05) is 25.1 Å². The van der Waals surface area contributed by atoms with Crippen molar-refractivity contribution in [2.75, 3.05) is 6.54 Å². The summed E-state index contributed by atoms with van der Waals surface area (Å²) in [5.74, 6) is 0.737. The Labute approximate surface area is 111 Å². The van der Waals surface area contributed by atoms with Crippen molar-refractivity contribution in [3.8, 4) is 5.82 Å². The summed E-state index contributed by atoms with van der Waals surface area (Å²) in [5.41, 5.74) is 1.97. The van der Waals surface area contributed by atoms with Gasteiger partial charge >= 0.3 is 0 Å². The molecule has 96 valence electrons. The molecule has 0 unspecified atom stereocenters. The molecule has 1 aromatic carbocycles. The topological polar surface area (TPSA) is 55.6 Å². The summed E-state index contributed by atoms with van der Waals surface area (Å²) in [7, 11) is 0. The maximum atomic E-state index is 4.42. The Morgan fingerprint density at radius 3 is 2.79 bits per heavy atom. The second-order valence-electron chi connectivity index (χ2n) is 4.26. The molecule has 2 aromatic heterocycles. The SMILES string of the molecule is CCNCc1cnc(-n2ncc3ccccc32)cn1. The number of para-hydroxylation sites is 1.